The highest BCUT2D eigenvalue weighted by molar-refractivity contribution is 7.99. The lowest BCUT2D eigenvalue weighted by molar-refractivity contribution is -0.157. The second-order valence-corrected chi connectivity index (χ2v) is 7.45. The van der Waals surface area contributed by atoms with Crippen molar-refractivity contribution in [3.63, 3.8) is 0 Å². The van der Waals surface area contributed by atoms with Crippen molar-refractivity contribution in [1.29, 1.82) is 0 Å². The molecule has 0 heterocycles. The van der Waals surface area contributed by atoms with Crippen molar-refractivity contribution in [2.75, 3.05) is 51.3 Å². The van der Waals surface area contributed by atoms with Crippen LogP contribution in [0.1, 0.15) is 34.1 Å². The Labute approximate surface area is 155 Å². The zero-order chi connectivity index (χ0) is 19.1. The van der Waals surface area contributed by atoms with Crippen molar-refractivity contribution < 1.29 is 28.9 Å². The second kappa shape index (κ2) is 14.4. The average molecular weight is 380 g/mol. The summed E-state index contributed by atoms with van der Waals surface area (Å²) in [5.74, 6) is 1.10. The Kier molecular flexibility index (Phi) is 13.9. The zero-order valence-electron chi connectivity index (χ0n) is 15.8. The number of aliphatic hydroxyl groups excluding tert-OH is 1. The lowest BCUT2D eigenvalue weighted by atomic mass is 9.91. The SMILES string of the molecule is CCC(C)(C)C(=O)OCCOCOCCSCC(C)C(=O)NCCO. The van der Waals surface area contributed by atoms with Crippen LogP contribution in [0.25, 0.3) is 0 Å². The molecule has 0 radical (unpaired) electrons. The van der Waals surface area contributed by atoms with E-state index in [1.165, 1.54) is 0 Å². The van der Waals surface area contributed by atoms with Gasteiger partial charge < -0.3 is 24.6 Å². The van der Waals surface area contributed by atoms with Gasteiger partial charge in [-0.25, -0.2) is 0 Å². The molecule has 1 atom stereocenters. The molecular formula is C17H33NO6S. The van der Waals surface area contributed by atoms with Gasteiger partial charge in [-0.2, -0.15) is 11.8 Å². The van der Waals surface area contributed by atoms with Crippen LogP contribution in [-0.2, 0) is 23.8 Å². The van der Waals surface area contributed by atoms with Crippen LogP contribution in [0.15, 0.2) is 0 Å². The molecule has 0 saturated carbocycles. The van der Waals surface area contributed by atoms with E-state index in [0.717, 1.165) is 12.2 Å². The number of thioether (sulfide) groups is 1. The fraction of sp³-hybridized carbons (Fsp3) is 0.882. The lowest BCUT2D eigenvalue weighted by Crippen LogP contribution is -2.32. The van der Waals surface area contributed by atoms with Gasteiger partial charge in [-0.1, -0.05) is 13.8 Å². The van der Waals surface area contributed by atoms with Crippen LogP contribution >= 0.6 is 11.8 Å². The van der Waals surface area contributed by atoms with E-state index in [1.807, 2.05) is 27.7 Å². The highest BCUT2D eigenvalue weighted by atomic mass is 32.2. The normalized spacial score (nSPS) is 12.7. The summed E-state index contributed by atoms with van der Waals surface area (Å²) in [6, 6.07) is 0. The third kappa shape index (κ3) is 12.2. The predicted octanol–water partition coefficient (Wildman–Crippen LogP) is 1.43. The van der Waals surface area contributed by atoms with Crippen molar-refractivity contribution in [2.24, 2.45) is 11.3 Å². The van der Waals surface area contributed by atoms with Crippen molar-refractivity contribution in [3.8, 4) is 0 Å². The van der Waals surface area contributed by atoms with E-state index in [0.29, 0.717) is 25.5 Å². The first-order valence-electron chi connectivity index (χ1n) is 8.64. The molecule has 0 aliphatic carbocycles. The number of esters is 1. The van der Waals surface area contributed by atoms with Crippen molar-refractivity contribution >= 4 is 23.6 Å². The minimum absolute atomic E-state index is 0.0466. The number of carbonyl (C=O) groups is 2. The van der Waals surface area contributed by atoms with Gasteiger partial charge in [0.05, 0.1) is 25.2 Å². The third-order valence-corrected chi connectivity index (χ3v) is 4.85. The summed E-state index contributed by atoms with van der Waals surface area (Å²) < 4.78 is 15.7. The average Bonchev–Trinajstić information content (AvgIpc) is 2.60. The molecule has 8 heteroatoms. The van der Waals surface area contributed by atoms with Gasteiger partial charge in [0.15, 0.2) is 0 Å². The third-order valence-electron chi connectivity index (χ3n) is 3.66. The number of aliphatic hydroxyl groups is 1. The fourth-order valence-electron chi connectivity index (χ4n) is 1.52. The summed E-state index contributed by atoms with van der Waals surface area (Å²) >= 11 is 1.63. The van der Waals surface area contributed by atoms with Crippen LogP contribution in [0.4, 0.5) is 0 Å². The first kappa shape index (κ1) is 24.2. The Morgan fingerprint density at radius 3 is 2.52 bits per heavy atom. The number of hydrogen-bond donors (Lipinski definition) is 2. The number of nitrogens with one attached hydrogen (secondary N) is 1. The highest BCUT2D eigenvalue weighted by Gasteiger charge is 2.26. The lowest BCUT2D eigenvalue weighted by Gasteiger charge is -2.20. The van der Waals surface area contributed by atoms with Crippen LogP contribution in [0.3, 0.4) is 0 Å². The second-order valence-electron chi connectivity index (χ2n) is 6.30. The van der Waals surface area contributed by atoms with Gasteiger partial charge in [0.25, 0.3) is 0 Å². The predicted molar refractivity (Wildman–Crippen MR) is 98.4 cm³/mol. The minimum Gasteiger partial charge on any atom is -0.463 e. The first-order chi connectivity index (χ1) is 11.8. The first-order valence-corrected chi connectivity index (χ1v) is 9.79. The van der Waals surface area contributed by atoms with E-state index in [2.05, 4.69) is 5.32 Å². The molecule has 148 valence electrons. The topological polar surface area (TPSA) is 94.1 Å². The standard InChI is InChI=1S/C17H33NO6S/c1-5-17(3,4)16(21)24-9-8-22-13-23-10-11-25-12-14(2)15(20)18-6-7-19/h14,19H,5-13H2,1-4H3,(H,18,20). The van der Waals surface area contributed by atoms with Crippen LogP contribution in [0.2, 0.25) is 0 Å². The molecule has 0 aromatic carbocycles. The van der Waals surface area contributed by atoms with Gasteiger partial charge in [-0.15, -0.1) is 0 Å². The molecule has 2 N–H and O–H groups in total. The molecule has 0 aliphatic rings. The Balaban J connectivity index is 3.45. The van der Waals surface area contributed by atoms with Gasteiger partial charge in [-0.3, -0.25) is 9.59 Å². The number of carbonyl (C=O) groups excluding carboxylic acids is 2. The smallest absolute Gasteiger partial charge is 0.311 e. The maximum absolute atomic E-state index is 11.7. The van der Waals surface area contributed by atoms with E-state index in [9.17, 15) is 9.59 Å². The highest BCUT2D eigenvalue weighted by Crippen LogP contribution is 2.21. The number of rotatable bonds is 15. The van der Waals surface area contributed by atoms with Gasteiger partial charge in [0.2, 0.25) is 5.91 Å². The van der Waals surface area contributed by atoms with Crippen LogP contribution in [0.5, 0.6) is 0 Å². The molecule has 0 bridgehead atoms. The van der Waals surface area contributed by atoms with Crippen LogP contribution in [-0.4, -0.2) is 68.3 Å². The Bertz CT molecular complexity index is 378. The summed E-state index contributed by atoms with van der Waals surface area (Å²) in [5, 5.41) is 11.3. The maximum atomic E-state index is 11.7. The molecule has 7 nitrogen and oxygen atoms in total. The van der Waals surface area contributed by atoms with Gasteiger partial charge in [0.1, 0.15) is 13.4 Å². The summed E-state index contributed by atoms with van der Waals surface area (Å²) in [7, 11) is 0. The van der Waals surface area contributed by atoms with Crippen molar-refractivity contribution in [2.45, 2.75) is 34.1 Å². The monoisotopic (exact) mass is 379 g/mol. The molecule has 0 aromatic heterocycles. The van der Waals surface area contributed by atoms with Crippen LogP contribution in [0, 0.1) is 11.3 Å². The quantitative estimate of drug-likeness (QED) is 0.252. The molecule has 0 rings (SSSR count). The Morgan fingerprint density at radius 1 is 1.20 bits per heavy atom. The summed E-state index contributed by atoms with van der Waals surface area (Å²) in [6.07, 6.45) is 0.731. The maximum Gasteiger partial charge on any atom is 0.311 e. The number of amides is 1. The van der Waals surface area contributed by atoms with Crippen molar-refractivity contribution in [1.82, 2.24) is 5.32 Å². The zero-order valence-corrected chi connectivity index (χ0v) is 16.7. The van der Waals surface area contributed by atoms with Crippen LogP contribution < -0.4 is 5.32 Å². The molecule has 1 amide bonds. The molecule has 0 aliphatic heterocycles. The van der Waals surface area contributed by atoms with Crippen molar-refractivity contribution in [3.05, 3.63) is 0 Å². The van der Waals surface area contributed by atoms with E-state index in [1.54, 1.807) is 11.8 Å². The van der Waals surface area contributed by atoms with Gasteiger partial charge in [-0.05, 0) is 20.3 Å². The van der Waals surface area contributed by atoms with E-state index >= 15 is 0 Å². The Morgan fingerprint density at radius 2 is 1.88 bits per heavy atom. The number of hydrogen-bond acceptors (Lipinski definition) is 7. The van der Waals surface area contributed by atoms with E-state index < -0.39 is 5.41 Å². The molecule has 0 saturated heterocycles. The number of ether oxygens (including phenoxy) is 3. The van der Waals surface area contributed by atoms with E-state index in [-0.39, 0.29) is 37.8 Å². The summed E-state index contributed by atoms with van der Waals surface area (Å²) in [5.41, 5.74) is -0.458. The van der Waals surface area contributed by atoms with Gasteiger partial charge >= 0.3 is 5.97 Å². The summed E-state index contributed by atoms with van der Waals surface area (Å²) in [4.78, 5) is 23.3. The minimum atomic E-state index is -0.458. The largest absolute Gasteiger partial charge is 0.463 e. The Hall–Kier alpha value is -0.830. The molecule has 0 fully saturated rings. The summed E-state index contributed by atoms with van der Waals surface area (Å²) in [6.45, 7) is 8.97. The molecule has 25 heavy (non-hydrogen) atoms. The molecule has 1 unspecified atom stereocenters. The molecule has 0 spiro atoms. The fourth-order valence-corrected chi connectivity index (χ4v) is 2.42. The molecule has 0 aromatic rings. The molecular weight excluding hydrogens is 346 g/mol. The van der Waals surface area contributed by atoms with E-state index in [4.69, 9.17) is 19.3 Å². The van der Waals surface area contributed by atoms with Gasteiger partial charge in [0, 0.05) is 24.0 Å².